The van der Waals surface area contributed by atoms with Gasteiger partial charge in [-0.25, -0.2) is 0 Å². The predicted molar refractivity (Wildman–Crippen MR) is 91.0 cm³/mol. The smallest absolute Gasteiger partial charge is 0.315 e. The van der Waals surface area contributed by atoms with Crippen molar-refractivity contribution in [2.45, 2.75) is 30.7 Å². The molecule has 1 N–H and O–H groups in total. The van der Waals surface area contributed by atoms with Crippen molar-refractivity contribution < 1.29 is 24.0 Å². The van der Waals surface area contributed by atoms with Crippen LogP contribution in [-0.4, -0.2) is 34.3 Å². The molecule has 0 heterocycles. The van der Waals surface area contributed by atoms with E-state index in [1.807, 2.05) is 0 Å². The van der Waals surface area contributed by atoms with E-state index in [0.717, 1.165) is 6.07 Å². The minimum atomic E-state index is -1.20. The maximum absolute atomic E-state index is 12.2. The van der Waals surface area contributed by atoms with Gasteiger partial charge in [-0.15, -0.1) is 23.2 Å². The molecule has 0 spiro atoms. The monoisotopic (exact) mass is 390 g/mol. The van der Waals surface area contributed by atoms with Crippen LogP contribution >= 0.6 is 23.2 Å². The number of anilines is 1. The topological polar surface area (TPSA) is 108 Å². The number of methoxy groups -OCH3 is 1. The van der Waals surface area contributed by atoms with Gasteiger partial charge in [0, 0.05) is 18.6 Å². The van der Waals surface area contributed by atoms with E-state index in [4.69, 9.17) is 32.7 Å². The second kappa shape index (κ2) is 6.68. The van der Waals surface area contributed by atoms with Crippen LogP contribution in [0.5, 0.6) is 5.75 Å². The number of rotatable bonds is 6. The fourth-order valence-electron chi connectivity index (χ4n) is 2.11. The van der Waals surface area contributed by atoms with Crippen LogP contribution < -0.4 is 10.1 Å². The highest BCUT2D eigenvalue weighted by Crippen LogP contribution is 2.64. The number of hydrogen-bond donors (Lipinski definition) is 1. The highest BCUT2D eigenvalue weighted by molar-refractivity contribution is 6.53. The Hall–Kier alpha value is -2.06. The van der Waals surface area contributed by atoms with E-state index in [2.05, 4.69) is 5.32 Å². The Balaban J connectivity index is 2.07. The Morgan fingerprint density at radius 2 is 2.00 bits per heavy atom. The van der Waals surface area contributed by atoms with Crippen molar-refractivity contribution in [1.82, 2.24) is 0 Å². The lowest BCUT2D eigenvalue weighted by atomic mass is 10.1. The quantitative estimate of drug-likeness (QED) is 0.346. The van der Waals surface area contributed by atoms with E-state index in [1.165, 1.54) is 26.2 Å². The van der Waals surface area contributed by atoms with Gasteiger partial charge in [-0.1, -0.05) is 0 Å². The third-order valence-electron chi connectivity index (χ3n) is 4.01. The van der Waals surface area contributed by atoms with Crippen molar-refractivity contribution in [2.24, 2.45) is 5.41 Å². The molecule has 2 atom stereocenters. The molecule has 2 rings (SSSR count). The Morgan fingerprint density at radius 1 is 1.40 bits per heavy atom. The number of alkyl halides is 2. The fraction of sp³-hybridized carbons (Fsp3) is 0.467. The van der Waals surface area contributed by atoms with Crippen molar-refractivity contribution in [3.05, 3.63) is 28.3 Å². The number of nitrogens with one attached hydrogen (secondary N) is 1. The highest BCUT2D eigenvalue weighted by Gasteiger charge is 2.69. The number of nitro groups is 1. The van der Waals surface area contributed by atoms with Crippen molar-refractivity contribution in [3.63, 3.8) is 0 Å². The Labute approximate surface area is 153 Å². The van der Waals surface area contributed by atoms with Gasteiger partial charge in [0.25, 0.3) is 11.6 Å². The predicted octanol–water partition coefficient (Wildman–Crippen LogP) is 3.06. The summed E-state index contributed by atoms with van der Waals surface area (Å²) in [5, 5.41) is 13.3. The number of esters is 1. The molecule has 1 aromatic rings. The van der Waals surface area contributed by atoms with E-state index in [0.29, 0.717) is 0 Å². The molecule has 0 bridgehead atoms. The zero-order chi connectivity index (χ0) is 19.0. The Kier molecular flexibility index (Phi) is 5.15. The van der Waals surface area contributed by atoms with Crippen LogP contribution in [0.25, 0.3) is 0 Å². The first kappa shape index (κ1) is 19.3. The molecule has 0 saturated heterocycles. The number of nitrogens with zero attached hydrogens (tertiary/aromatic N) is 1. The molecule has 0 radical (unpaired) electrons. The second-order valence-electron chi connectivity index (χ2n) is 5.89. The van der Waals surface area contributed by atoms with Crippen LogP contribution in [0.2, 0.25) is 0 Å². The molecule has 1 amide bonds. The van der Waals surface area contributed by atoms with Gasteiger partial charge in [0.1, 0.15) is 15.5 Å². The van der Waals surface area contributed by atoms with Crippen molar-refractivity contribution in [1.29, 1.82) is 0 Å². The van der Waals surface area contributed by atoms with Crippen molar-refractivity contribution in [2.75, 3.05) is 12.4 Å². The Morgan fingerprint density at radius 3 is 2.48 bits per heavy atom. The maximum Gasteiger partial charge on any atom is 0.315 e. The van der Waals surface area contributed by atoms with Crippen molar-refractivity contribution >= 4 is 46.5 Å². The highest BCUT2D eigenvalue weighted by atomic mass is 35.5. The minimum Gasteiger partial charge on any atom is -0.495 e. The molecule has 136 valence electrons. The number of carbonyl (C=O) groups is 2. The fourth-order valence-corrected chi connectivity index (χ4v) is 2.80. The summed E-state index contributed by atoms with van der Waals surface area (Å²) in [4.78, 5) is 34.6. The summed E-state index contributed by atoms with van der Waals surface area (Å²) in [6.45, 7) is 2.91. The minimum absolute atomic E-state index is 0.0891. The number of hydrogen-bond acceptors (Lipinski definition) is 6. The van der Waals surface area contributed by atoms with Crippen LogP contribution in [0.15, 0.2) is 18.2 Å². The molecule has 25 heavy (non-hydrogen) atoms. The van der Waals surface area contributed by atoms with Crippen molar-refractivity contribution in [3.8, 4) is 5.75 Å². The first-order chi connectivity index (χ1) is 11.5. The maximum atomic E-state index is 12.2. The summed E-state index contributed by atoms with van der Waals surface area (Å²) in [6.07, 6.45) is -0.923. The molecular weight excluding hydrogens is 375 g/mol. The van der Waals surface area contributed by atoms with Gasteiger partial charge >= 0.3 is 5.97 Å². The number of benzene rings is 1. The molecule has 0 unspecified atom stereocenters. The van der Waals surface area contributed by atoms with E-state index in [1.54, 1.807) is 6.92 Å². The molecule has 8 nitrogen and oxygen atoms in total. The van der Waals surface area contributed by atoms with Crippen LogP contribution in [0.4, 0.5) is 11.4 Å². The lowest BCUT2D eigenvalue weighted by Gasteiger charge is -2.18. The standard InChI is InChI=1S/C15H16Cl2N2O6/c1-8(25-13(21)14(2)7-15(14,16)17)12(20)18-10-6-9(19(22)23)4-5-11(10)24-3/h4-6,8H,7H2,1-3H3,(H,18,20)/t8-,14-/m0/s1. The number of nitro benzene ring substituents is 1. The van der Waals surface area contributed by atoms with Crippen LogP contribution in [0, 0.1) is 15.5 Å². The van der Waals surface area contributed by atoms with Gasteiger partial charge in [-0.2, -0.15) is 0 Å². The van der Waals surface area contributed by atoms with Gasteiger partial charge in [0.05, 0.1) is 17.7 Å². The number of carbonyl (C=O) groups excluding carboxylic acids is 2. The largest absolute Gasteiger partial charge is 0.495 e. The molecular formula is C15H16Cl2N2O6. The molecule has 0 aliphatic heterocycles. The zero-order valence-corrected chi connectivity index (χ0v) is 15.2. The lowest BCUT2D eigenvalue weighted by molar-refractivity contribution is -0.384. The number of amides is 1. The average molecular weight is 391 g/mol. The summed E-state index contributed by atoms with van der Waals surface area (Å²) in [6, 6.07) is 3.74. The average Bonchev–Trinajstić information content (AvgIpc) is 3.06. The molecule has 10 heteroatoms. The van der Waals surface area contributed by atoms with E-state index < -0.39 is 32.7 Å². The summed E-state index contributed by atoms with van der Waals surface area (Å²) in [5.41, 5.74) is -1.19. The van der Waals surface area contributed by atoms with Gasteiger partial charge in [0.15, 0.2) is 6.10 Å². The molecule has 1 aliphatic rings. The first-order valence-corrected chi connectivity index (χ1v) is 7.99. The second-order valence-corrected chi connectivity index (χ2v) is 7.38. The Bertz CT molecular complexity index is 739. The third kappa shape index (κ3) is 3.80. The van der Waals surface area contributed by atoms with Crippen LogP contribution in [-0.2, 0) is 14.3 Å². The first-order valence-electron chi connectivity index (χ1n) is 7.24. The molecule has 1 aliphatic carbocycles. The van der Waals surface area contributed by atoms with E-state index >= 15 is 0 Å². The van der Waals surface area contributed by atoms with Crippen LogP contribution in [0.1, 0.15) is 20.3 Å². The number of non-ortho nitro benzene ring substituents is 1. The number of halogens is 2. The van der Waals surface area contributed by atoms with E-state index in [9.17, 15) is 19.7 Å². The summed E-state index contributed by atoms with van der Waals surface area (Å²) in [7, 11) is 1.36. The summed E-state index contributed by atoms with van der Waals surface area (Å²) < 4.78 is 8.95. The van der Waals surface area contributed by atoms with Gasteiger partial charge in [-0.05, 0) is 19.9 Å². The van der Waals surface area contributed by atoms with Crippen LogP contribution in [0.3, 0.4) is 0 Å². The normalized spacial score (nSPS) is 21.8. The molecule has 1 aromatic carbocycles. The SMILES string of the molecule is COc1ccc([N+](=O)[O-])cc1NC(=O)[C@H](C)OC(=O)[C@]1(C)CC1(Cl)Cl. The number of ether oxygens (including phenoxy) is 2. The van der Waals surface area contributed by atoms with Gasteiger partial charge in [0.2, 0.25) is 0 Å². The van der Waals surface area contributed by atoms with Gasteiger partial charge < -0.3 is 14.8 Å². The summed E-state index contributed by atoms with van der Waals surface area (Å²) >= 11 is 11.8. The zero-order valence-electron chi connectivity index (χ0n) is 13.7. The van der Waals surface area contributed by atoms with Gasteiger partial charge in [-0.3, -0.25) is 19.7 Å². The lowest BCUT2D eigenvalue weighted by Crippen LogP contribution is -2.33. The van der Waals surface area contributed by atoms with E-state index in [-0.39, 0.29) is 23.5 Å². The molecule has 1 fully saturated rings. The summed E-state index contributed by atoms with van der Waals surface area (Å²) in [5.74, 6) is -1.13. The molecule has 1 saturated carbocycles. The third-order valence-corrected chi connectivity index (χ3v) is 5.11. The molecule has 0 aromatic heterocycles.